The van der Waals surface area contributed by atoms with E-state index in [2.05, 4.69) is 5.92 Å². The van der Waals surface area contributed by atoms with Gasteiger partial charge in [0.2, 0.25) is 0 Å². The molecule has 0 unspecified atom stereocenters. The molecular weight excluding hydrogens is 158 g/mol. The Kier molecular flexibility index (Phi) is 2.50. The second-order valence-corrected chi connectivity index (χ2v) is 3.07. The van der Waals surface area contributed by atoms with E-state index in [0.29, 0.717) is 13.0 Å². The predicted octanol–water partition coefficient (Wildman–Crippen LogP) is 1.24. The van der Waals surface area contributed by atoms with Crippen molar-refractivity contribution in [1.82, 2.24) is 4.57 Å². The van der Waals surface area contributed by atoms with Crippen LogP contribution in [-0.4, -0.2) is 4.57 Å². The van der Waals surface area contributed by atoms with E-state index in [-0.39, 0.29) is 4.87 Å². The van der Waals surface area contributed by atoms with Crippen molar-refractivity contribution in [3.05, 3.63) is 20.7 Å². The summed E-state index contributed by atoms with van der Waals surface area (Å²) in [6.45, 7) is 2.55. The summed E-state index contributed by atoms with van der Waals surface area (Å²) in [6.07, 6.45) is 5.71. The summed E-state index contributed by atoms with van der Waals surface area (Å²) in [6, 6.07) is 0. The van der Waals surface area contributed by atoms with Gasteiger partial charge in [-0.05, 0) is 6.92 Å². The molecule has 0 fully saturated rings. The molecule has 0 N–H and O–H groups in total. The first kappa shape index (κ1) is 8.09. The molecule has 0 spiro atoms. The molecule has 1 aromatic rings. The highest BCUT2D eigenvalue weighted by molar-refractivity contribution is 7.07. The van der Waals surface area contributed by atoms with Crippen LogP contribution >= 0.6 is 11.3 Å². The van der Waals surface area contributed by atoms with Crippen LogP contribution in [0.3, 0.4) is 0 Å². The van der Waals surface area contributed by atoms with Crippen molar-refractivity contribution in [3.8, 4) is 12.3 Å². The van der Waals surface area contributed by atoms with E-state index >= 15 is 0 Å². The number of hydrogen-bond acceptors (Lipinski definition) is 2. The molecular formula is C8H9NOS. The SMILES string of the molecule is C#CCCn1c(C)csc1=O. The predicted molar refractivity (Wildman–Crippen MR) is 46.8 cm³/mol. The molecule has 1 aromatic heterocycles. The number of aryl methyl sites for hydroxylation is 1. The van der Waals surface area contributed by atoms with Gasteiger partial charge < -0.3 is 4.57 Å². The molecule has 0 saturated heterocycles. The standard InChI is InChI=1S/C8H9NOS/c1-3-4-5-9-7(2)6-11-8(9)10/h1,6H,4-5H2,2H3. The van der Waals surface area contributed by atoms with Crippen LogP contribution in [-0.2, 0) is 6.54 Å². The molecule has 1 heterocycles. The summed E-state index contributed by atoms with van der Waals surface area (Å²) < 4.78 is 1.70. The van der Waals surface area contributed by atoms with Crippen molar-refractivity contribution in [2.24, 2.45) is 0 Å². The molecule has 0 saturated carbocycles. The number of hydrogen-bond donors (Lipinski definition) is 0. The molecule has 0 aliphatic rings. The lowest BCUT2D eigenvalue weighted by Crippen LogP contribution is -2.13. The quantitative estimate of drug-likeness (QED) is 0.607. The Bertz CT molecular complexity index is 329. The summed E-state index contributed by atoms with van der Waals surface area (Å²) >= 11 is 1.22. The first-order chi connectivity index (χ1) is 5.25. The number of terminal acetylenes is 1. The molecule has 11 heavy (non-hydrogen) atoms. The van der Waals surface area contributed by atoms with Gasteiger partial charge in [0, 0.05) is 24.0 Å². The third-order valence-electron chi connectivity index (χ3n) is 1.46. The maximum Gasteiger partial charge on any atom is 0.307 e. The number of nitrogens with zero attached hydrogens (tertiary/aromatic N) is 1. The molecule has 0 bridgehead atoms. The van der Waals surface area contributed by atoms with Crippen LogP contribution in [0.5, 0.6) is 0 Å². The highest BCUT2D eigenvalue weighted by Gasteiger charge is 1.99. The van der Waals surface area contributed by atoms with Gasteiger partial charge in [-0.15, -0.1) is 12.3 Å². The fraction of sp³-hybridized carbons (Fsp3) is 0.375. The lowest BCUT2D eigenvalue weighted by atomic mass is 10.4. The van der Waals surface area contributed by atoms with Crippen LogP contribution in [0, 0.1) is 19.3 Å². The lowest BCUT2D eigenvalue weighted by molar-refractivity contribution is 0.686. The largest absolute Gasteiger partial charge is 0.307 e. The van der Waals surface area contributed by atoms with Crippen molar-refractivity contribution in [2.75, 3.05) is 0 Å². The Balaban J connectivity index is 2.86. The minimum atomic E-state index is 0.0813. The van der Waals surface area contributed by atoms with Gasteiger partial charge in [0.15, 0.2) is 0 Å². The van der Waals surface area contributed by atoms with Gasteiger partial charge in [0.05, 0.1) is 0 Å². The molecule has 2 nitrogen and oxygen atoms in total. The van der Waals surface area contributed by atoms with E-state index < -0.39 is 0 Å². The highest BCUT2D eigenvalue weighted by atomic mass is 32.1. The molecule has 0 radical (unpaired) electrons. The fourth-order valence-electron chi connectivity index (χ4n) is 0.851. The third-order valence-corrected chi connectivity index (χ3v) is 2.34. The molecule has 58 valence electrons. The second kappa shape index (κ2) is 3.40. The van der Waals surface area contributed by atoms with Crippen molar-refractivity contribution in [2.45, 2.75) is 19.9 Å². The Morgan fingerprint density at radius 1 is 1.82 bits per heavy atom. The van der Waals surface area contributed by atoms with Gasteiger partial charge in [-0.2, -0.15) is 0 Å². The van der Waals surface area contributed by atoms with Crippen LogP contribution in [0.15, 0.2) is 10.2 Å². The maximum atomic E-state index is 11.1. The first-order valence-electron chi connectivity index (χ1n) is 3.34. The highest BCUT2D eigenvalue weighted by Crippen LogP contribution is 1.99. The topological polar surface area (TPSA) is 22.0 Å². The second-order valence-electron chi connectivity index (χ2n) is 2.25. The van der Waals surface area contributed by atoms with Crippen LogP contribution in [0.1, 0.15) is 12.1 Å². The van der Waals surface area contributed by atoms with Crippen LogP contribution in [0.2, 0.25) is 0 Å². The Morgan fingerprint density at radius 3 is 3.00 bits per heavy atom. The molecule has 0 aliphatic heterocycles. The van der Waals surface area contributed by atoms with E-state index in [1.54, 1.807) is 4.57 Å². The molecule has 3 heteroatoms. The van der Waals surface area contributed by atoms with Gasteiger partial charge in [0.25, 0.3) is 0 Å². The molecule has 0 aromatic carbocycles. The minimum absolute atomic E-state index is 0.0813. The Labute approximate surface area is 69.5 Å². The van der Waals surface area contributed by atoms with Crippen molar-refractivity contribution < 1.29 is 0 Å². The Hall–Kier alpha value is -1.01. The minimum Gasteiger partial charge on any atom is -0.302 e. The Morgan fingerprint density at radius 2 is 2.55 bits per heavy atom. The summed E-state index contributed by atoms with van der Waals surface area (Å²) in [5, 5.41) is 1.85. The average Bonchev–Trinajstić information content (AvgIpc) is 2.29. The fourth-order valence-corrected chi connectivity index (χ4v) is 1.61. The lowest BCUT2D eigenvalue weighted by Gasteiger charge is -1.98. The van der Waals surface area contributed by atoms with Gasteiger partial charge in [-0.1, -0.05) is 11.3 Å². The molecule has 0 amide bonds. The average molecular weight is 167 g/mol. The van der Waals surface area contributed by atoms with E-state index in [0.717, 1.165) is 5.69 Å². The summed E-state index contributed by atoms with van der Waals surface area (Å²) in [4.78, 5) is 11.1. The molecule has 0 aliphatic carbocycles. The number of aromatic nitrogens is 1. The summed E-state index contributed by atoms with van der Waals surface area (Å²) in [5.41, 5.74) is 0.996. The zero-order chi connectivity index (χ0) is 8.27. The zero-order valence-electron chi connectivity index (χ0n) is 6.33. The third kappa shape index (κ3) is 1.72. The van der Waals surface area contributed by atoms with E-state index in [9.17, 15) is 4.79 Å². The van der Waals surface area contributed by atoms with E-state index in [4.69, 9.17) is 6.42 Å². The first-order valence-corrected chi connectivity index (χ1v) is 4.22. The number of thiazole rings is 1. The normalized spacial score (nSPS) is 9.45. The van der Waals surface area contributed by atoms with E-state index in [1.165, 1.54) is 11.3 Å². The van der Waals surface area contributed by atoms with Crippen LogP contribution in [0.25, 0.3) is 0 Å². The van der Waals surface area contributed by atoms with Gasteiger partial charge in [0.1, 0.15) is 0 Å². The smallest absolute Gasteiger partial charge is 0.302 e. The monoisotopic (exact) mass is 167 g/mol. The van der Waals surface area contributed by atoms with Gasteiger partial charge in [-0.3, -0.25) is 4.79 Å². The van der Waals surface area contributed by atoms with Crippen molar-refractivity contribution in [1.29, 1.82) is 0 Å². The number of rotatable bonds is 2. The van der Waals surface area contributed by atoms with Crippen LogP contribution < -0.4 is 4.87 Å². The maximum absolute atomic E-state index is 11.1. The van der Waals surface area contributed by atoms with Crippen molar-refractivity contribution in [3.63, 3.8) is 0 Å². The van der Waals surface area contributed by atoms with Gasteiger partial charge in [-0.25, -0.2) is 0 Å². The molecule has 0 atom stereocenters. The zero-order valence-corrected chi connectivity index (χ0v) is 7.15. The van der Waals surface area contributed by atoms with Crippen molar-refractivity contribution >= 4 is 11.3 Å². The molecule has 1 rings (SSSR count). The summed E-state index contributed by atoms with van der Waals surface area (Å²) in [5.74, 6) is 2.51. The van der Waals surface area contributed by atoms with Gasteiger partial charge >= 0.3 is 4.87 Å². The van der Waals surface area contributed by atoms with Crippen LogP contribution in [0.4, 0.5) is 0 Å². The van der Waals surface area contributed by atoms with E-state index in [1.807, 2.05) is 12.3 Å². The summed E-state index contributed by atoms with van der Waals surface area (Å²) in [7, 11) is 0.